The predicted octanol–water partition coefficient (Wildman–Crippen LogP) is 0.0101. The van der Waals surface area contributed by atoms with E-state index < -0.39 is 40.9 Å². The molecule has 0 aromatic heterocycles. The molecule has 1 amide bonds. The maximum Gasteiger partial charge on any atom is 0.262 e. The van der Waals surface area contributed by atoms with Crippen molar-refractivity contribution in [3.63, 3.8) is 0 Å². The molecular formula is C13H24ClF2N3O4S. The van der Waals surface area contributed by atoms with Crippen LogP contribution in [0.3, 0.4) is 0 Å². The van der Waals surface area contributed by atoms with Crippen molar-refractivity contribution in [2.45, 2.75) is 43.8 Å². The fourth-order valence-corrected chi connectivity index (χ4v) is 3.55. The third-order valence-corrected chi connectivity index (χ3v) is 5.25. The van der Waals surface area contributed by atoms with E-state index in [-0.39, 0.29) is 37.4 Å². The Morgan fingerprint density at radius 2 is 2.08 bits per heavy atom. The second-order valence-electron chi connectivity index (χ2n) is 5.94. The standard InChI is InChI=1S/C13H23F2N3O4S.ClH/c14-13(15)7-11(17-9-13)12(19)16-4-6-23(20,21)18-8-10-3-1-2-5-22-10;/h10-11,17-18H,1-9H2,(H,16,19);1H. The van der Waals surface area contributed by atoms with E-state index in [1.165, 1.54) is 0 Å². The fraction of sp³-hybridized carbons (Fsp3) is 0.923. The molecule has 7 nitrogen and oxygen atoms in total. The van der Waals surface area contributed by atoms with E-state index in [0.717, 1.165) is 19.3 Å². The van der Waals surface area contributed by atoms with Gasteiger partial charge in [0, 0.05) is 26.1 Å². The molecule has 0 radical (unpaired) electrons. The van der Waals surface area contributed by atoms with Crippen LogP contribution in [-0.2, 0) is 19.6 Å². The maximum atomic E-state index is 13.0. The van der Waals surface area contributed by atoms with Crippen molar-refractivity contribution in [2.24, 2.45) is 0 Å². The Bertz CT molecular complexity index is 515. The normalized spacial score (nSPS) is 26.6. The van der Waals surface area contributed by atoms with Crippen LogP contribution < -0.4 is 15.4 Å². The fourth-order valence-electron chi connectivity index (χ4n) is 2.59. The number of rotatable bonds is 7. The number of carbonyl (C=O) groups excluding carboxylic acids is 1. The number of carbonyl (C=O) groups is 1. The lowest BCUT2D eigenvalue weighted by molar-refractivity contribution is -0.123. The van der Waals surface area contributed by atoms with Gasteiger partial charge in [-0.05, 0) is 19.3 Å². The van der Waals surface area contributed by atoms with Gasteiger partial charge in [0.15, 0.2) is 0 Å². The second kappa shape index (κ2) is 9.23. The Morgan fingerprint density at radius 1 is 1.33 bits per heavy atom. The van der Waals surface area contributed by atoms with Crippen LogP contribution in [-0.4, -0.2) is 64.4 Å². The van der Waals surface area contributed by atoms with E-state index in [0.29, 0.717) is 6.61 Å². The summed E-state index contributed by atoms with van der Waals surface area (Å²) in [6.07, 6.45) is 2.15. The Kier molecular flexibility index (Phi) is 8.27. The molecule has 0 saturated carbocycles. The number of hydrogen-bond donors (Lipinski definition) is 3. The van der Waals surface area contributed by atoms with Crippen molar-refractivity contribution in [3.05, 3.63) is 0 Å². The smallest absolute Gasteiger partial charge is 0.262 e. The zero-order valence-corrected chi connectivity index (χ0v) is 14.9. The highest BCUT2D eigenvalue weighted by Gasteiger charge is 2.42. The molecule has 0 bridgehead atoms. The molecule has 2 atom stereocenters. The van der Waals surface area contributed by atoms with Gasteiger partial charge in [-0.3, -0.25) is 10.1 Å². The third kappa shape index (κ3) is 7.14. The van der Waals surface area contributed by atoms with Gasteiger partial charge in [0.1, 0.15) is 0 Å². The van der Waals surface area contributed by atoms with Crippen LogP contribution in [0, 0.1) is 0 Å². The first kappa shape index (κ1) is 21.5. The highest BCUT2D eigenvalue weighted by Crippen LogP contribution is 2.24. The van der Waals surface area contributed by atoms with Crippen LogP contribution in [0.1, 0.15) is 25.7 Å². The Morgan fingerprint density at radius 3 is 2.67 bits per heavy atom. The lowest BCUT2D eigenvalue weighted by Crippen LogP contribution is -2.44. The first-order valence-electron chi connectivity index (χ1n) is 7.75. The molecule has 2 fully saturated rings. The Balaban J connectivity index is 0.00000288. The van der Waals surface area contributed by atoms with Gasteiger partial charge in [-0.2, -0.15) is 0 Å². The van der Waals surface area contributed by atoms with Gasteiger partial charge in [0.2, 0.25) is 15.9 Å². The number of alkyl halides is 2. The zero-order valence-electron chi connectivity index (χ0n) is 13.2. The van der Waals surface area contributed by atoms with Crippen LogP contribution in [0.4, 0.5) is 8.78 Å². The summed E-state index contributed by atoms with van der Waals surface area (Å²) < 4.78 is 57.5. The quantitative estimate of drug-likeness (QED) is 0.568. The van der Waals surface area contributed by atoms with Crippen molar-refractivity contribution < 1.29 is 26.7 Å². The molecule has 0 aromatic rings. The average molecular weight is 392 g/mol. The first-order valence-corrected chi connectivity index (χ1v) is 9.40. The molecule has 0 aliphatic carbocycles. The zero-order chi connectivity index (χ0) is 16.9. The highest BCUT2D eigenvalue weighted by molar-refractivity contribution is 7.89. The molecule has 0 aromatic carbocycles. The lowest BCUT2D eigenvalue weighted by atomic mass is 10.1. The van der Waals surface area contributed by atoms with Crippen molar-refractivity contribution in [1.29, 1.82) is 0 Å². The second-order valence-corrected chi connectivity index (χ2v) is 7.87. The molecule has 2 saturated heterocycles. The summed E-state index contributed by atoms with van der Waals surface area (Å²) in [7, 11) is -3.54. The van der Waals surface area contributed by atoms with Gasteiger partial charge >= 0.3 is 0 Å². The van der Waals surface area contributed by atoms with E-state index in [2.05, 4.69) is 15.4 Å². The molecule has 0 spiro atoms. The summed E-state index contributed by atoms with van der Waals surface area (Å²) in [5.41, 5.74) is 0. The van der Waals surface area contributed by atoms with Crippen molar-refractivity contribution in [3.8, 4) is 0 Å². The monoisotopic (exact) mass is 391 g/mol. The van der Waals surface area contributed by atoms with E-state index >= 15 is 0 Å². The van der Waals surface area contributed by atoms with E-state index in [9.17, 15) is 22.0 Å². The summed E-state index contributed by atoms with van der Waals surface area (Å²) in [4.78, 5) is 11.7. The number of ether oxygens (including phenoxy) is 1. The van der Waals surface area contributed by atoms with Crippen LogP contribution >= 0.6 is 12.4 Å². The molecule has 2 unspecified atom stereocenters. The van der Waals surface area contributed by atoms with Crippen molar-refractivity contribution in [1.82, 2.24) is 15.4 Å². The third-order valence-electron chi connectivity index (χ3n) is 3.90. The summed E-state index contributed by atoms with van der Waals surface area (Å²) in [6.45, 7) is 0.198. The Hall–Kier alpha value is -0.550. The van der Waals surface area contributed by atoms with Crippen molar-refractivity contribution >= 4 is 28.3 Å². The molecule has 142 valence electrons. The van der Waals surface area contributed by atoms with E-state index in [1.54, 1.807) is 0 Å². The number of hydrogen-bond acceptors (Lipinski definition) is 5. The number of nitrogens with one attached hydrogen (secondary N) is 3. The molecule has 2 aliphatic rings. The minimum Gasteiger partial charge on any atom is -0.377 e. The molecule has 24 heavy (non-hydrogen) atoms. The molecule has 2 rings (SSSR count). The SMILES string of the molecule is Cl.O=C(NCCS(=O)(=O)NCC1CCCCO1)C1CC(F)(F)CN1. The van der Waals surface area contributed by atoms with Gasteiger partial charge in [0.05, 0.1) is 24.4 Å². The minimum absolute atomic E-state index is 0. The van der Waals surface area contributed by atoms with Crippen molar-refractivity contribution in [2.75, 3.05) is 32.0 Å². The maximum absolute atomic E-state index is 13.0. The summed E-state index contributed by atoms with van der Waals surface area (Å²) in [5, 5.41) is 4.79. The molecule has 3 N–H and O–H groups in total. The van der Waals surface area contributed by atoms with Gasteiger partial charge in [0.25, 0.3) is 5.92 Å². The largest absolute Gasteiger partial charge is 0.377 e. The summed E-state index contributed by atoms with van der Waals surface area (Å²) in [6, 6.07) is -0.976. The van der Waals surface area contributed by atoms with Gasteiger partial charge in [-0.15, -0.1) is 12.4 Å². The average Bonchev–Trinajstić information content (AvgIpc) is 2.86. The molecule has 2 aliphatic heterocycles. The molecule has 11 heteroatoms. The minimum atomic E-state index is -3.54. The van der Waals surface area contributed by atoms with Crippen LogP contribution in [0.2, 0.25) is 0 Å². The Labute approximate surface area is 146 Å². The summed E-state index contributed by atoms with van der Waals surface area (Å²) in [5.74, 6) is -3.79. The van der Waals surface area contributed by atoms with Crippen LogP contribution in [0.5, 0.6) is 0 Å². The first-order chi connectivity index (χ1) is 10.8. The topological polar surface area (TPSA) is 96.5 Å². The van der Waals surface area contributed by atoms with E-state index in [4.69, 9.17) is 4.74 Å². The highest BCUT2D eigenvalue weighted by atomic mass is 35.5. The number of halogens is 3. The van der Waals surface area contributed by atoms with Gasteiger partial charge in [-0.25, -0.2) is 21.9 Å². The van der Waals surface area contributed by atoms with Gasteiger partial charge < -0.3 is 10.1 Å². The molecular weight excluding hydrogens is 368 g/mol. The summed E-state index contributed by atoms with van der Waals surface area (Å²) >= 11 is 0. The van der Waals surface area contributed by atoms with Gasteiger partial charge in [-0.1, -0.05) is 0 Å². The van der Waals surface area contributed by atoms with E-state index in [1.807, 2.05) is 0 Å². The lowest BCUT2D eigenvalue weighted by Gasteiger charge is -2.22. The van der Waals surface area contributed by atoms with Crippen LogP contribution in [0.25, 0.3) is 0 Å². The number of amides is 1. The van der Waals surface area contributed by atoms with Crippen LogP contribution in [0.15, 0.2) is 0 Å². The molecule has 2 heterocycles. The number of sulfonamides is 1. The predicted molar refractivity (Wildman–Crippen MR) is 87.0 cm³/mol.